The normalized spacial score (nSPS) is 10.9. The SMILES string of the molecule is O=C(Nc1ccc(Br)cc1)c1cc2[nH]c(Nc3c(Cl)cccc3Cl)nc2cc1O. The van der Waals surface area contributed by atoms with Crippen LogP contribution in [0, 0.1) is 0 Å². The lowest BCUT2D eigenvalue weighted by atomic mass is 10.1. The third kappa shape index (κ3) is 4.17. The molecule has 0 saturated carbocycles. The highest BCUT2D eigenvalue weighted by Crippen LogP contribution is 2.33. The molecule has 0 unspecified atom stereocenters. The number of fused-ring (bicyclic) bond motifs is 1. The van der Waals surface area contributed by atoms with Crippen molar-refractivity contribution in [1.29, 1.82) is 0 Å². The van der Waals surface area contributed by atoms with Gasteiger partial charge in [-0.25, -0.2) is 4.98 Å². The van der Waals surface area contributed by atoms with Crippen LogP contribution < -0.4 is 10.6 Å². The Morgan fingerprint density at radius 3 is 2.45 bits per heavy atom. The van der Waals surface area contributed by atoms with Gasteiger partial charge in [0.15, 0.2) is 0 Å². The molecule has 0 bridgehead atoms. The van der Waals surface area contributed by atoms with Crippen LogP contribution in [0.4, 0.5) is 17.3 Å². The second-order valence-corrected chi connectivity index (χ2v) is 7.88. The van der Waals surface area contributed by atoms with Gasteiger partial charge in [-0.2, -0.15) is 0 Å². The average Bonchev–Trinajstić information content (AvgIpc) is 3.07. The topological polar surface area (TPSA) is 90.0 Å². The molecule has 1 heterocycles. The molecule has 9 heteroatoms. The number of aromatic amines is 1. The Balaban J connectivity index is 1.63. The summed E-state index contributed by atoms with van der Waals surface area (Å²) in [6.07, 6.45) is 0. The molecular formula is C20H13BrCl2N4O2. The number of H-pyrrole nitrogens is 1. The Bertz CT molecular complexity index is 1210. The summed E-state index contributed by atoms with van der Waals surface area (Å²) in [4.78, 5) is 20.0. The molecule has 1 amide bonds. The van der Waals surface area contributed by atoms with Crippen LogP contribution in [0.5, 0.6) is 5.75 Å². The van der Waals surface area contributed by atoms with Gasteiger partial charge in [0.1, 0.15) is 5.75 Å². The first-order valence-corrected chi connectivity index (χ1v) is 9.96. The number of aromatic nitrogens is 2. The summed E-state index contributed by atoms with van der Waals surface area (Å²) in [5.41, 5.74) is 2.28. The highest BCUT2D eigenvalue weighted by Gasteiger charge is 2.16. The number of hydrogen-bond donors (Lipinski definition) is 4. The molecule has 0 fully saturated rings. The number of anilines is 3. The fraction of sp³-hybridized carbons (Fsp3) is 0. The third-order valence-electron chi connectivity index (χ3n) is 4.15. The molecule has 4 aromatic rings. The lowest BCUT2D eigenvalue weighted by Crippen LogP contribution is -2.12. The summed E-state index contributed by atoms with van der Waals surface area (Å²) in [7, 11) is 0. The van der Waals surface area contributed by atoms with E-state index in [1.165, 1.54) is 12.1 Å². The van der Waals surface area contributed by atoms with E-state index in [-0.39, 0.29) is 11.3 Å². The van der Waals surface area contributed by atoms with Crippen molar-refractivity contribution < 1.29 is 9.90 Å². The van der Waals surface area contributed by atoms with Gasteiger partial charge in [-0.05, 0) is 42.5 Å². The highest BCUT2D eigenvalue weighted by atomic mass is 79.9. The van der Waals surface area contributed by atoms with Crippen molar-refractivity contribution in [1.82, 2.24) is 9.97 Å². The Hall–Kier alpha value is -2.74. The van der Waals surface area contributed by atoms with Crippen molar-refractivity contribution in [3.05, 3.63) is 74.7 Å². The molecule has 146 valence electrons. The lowest BCUT2D eigenvalue weighted by Gasteiger charge is -2.07. The van der Waals surface area contributed by atoms with Gasteiger partial charge in [0, 0.05) is 16.2 Å². The number of aromatic hydroxyl groups is 1. The van der Waals surface area contributed by atoms with Gasteiger partial charge in [-0.1, -0.05) is 45.2 Å². The quantitative estimate of drug-likeness (QED) is 0.268. The molecular weight excluding hydrogens is 479 g/mol. The van der Waals surface area contributed by atoms with E-state index in [4.69, 9.17) is 23.2 Å². The number of nitrogens with one attached hydrogen (secondary N) is 3. The van der Waals surface area contributed by atoms with E-state index in [1.54, 1.807) is 30.3 Å². The molecule has 1 aromatic heterocycles. The maximum Gasteiger partial charge on any atom is 0.259 e. The highest BCUT2D eigenvalue weighted by molar-refractivity contribution is 9.10. The van der Waals surface area contributed by atoms with Crippen LogP contribution in [0.2, 0.25) is 10.0 Å². The number of carbonyl (C=O) groups excluding carboxylic acids is 1. The van der Waals surface area contributed by atoms with Crippen LogP contribution in [0.3, 0.4) is 0 Å². The molecule has 4 N–H and O–H groups in total. The number of nitrogens with zero attached hydrogens (tertiary/aromatic N) is 1. The predicted octanol–water partition coefficient (Wildman–Crippen LogP) is 6.33. The fourth-order valence-electron chi connectivity index (χ4n) is 2.75. The van der Waals surface area contributed by atoms with Crippen LogP contribution >= 0.6 is 39.1 Å². The lowest BCUT2D eigenvalue weighted by molar-refractivity contribution is 0.102. The number of para-hydroxylation sites is 1. The minimum Gasteiger partial charge on any atom is -0.507 e. The molecule has 0 aliphatic heterocycles. The molecule has 29 heavy (non-hydrogen) atoms. The van der Waals surface area contributed by atoms with E-state index in [1.807, 2.05) is 12.1 Å². The number of rotatable bonds is 4. The zero-order chi connectivity index (χ0) is 20.5. The zero-order valence-corrected chi connectivity index (χ0v) is 17.7. The number of hydrogen-bond acceptors (Lipinski definition) is 4. The molecule has 0 spiro atoms. The standard InChI is InChI=1S/C20H13BrCl2N4O2/c21-10-4-6-11(7-5-10)24-19(29)12-8-15-16(9-17(12)28)26-20(25-15)27-18-13(22)2-1-3-14(18)23/h1-9,28H,(H,24,29)(H2,25,26,27). The number of halogens is 3. The molecule has 0 atom stereocenters. The van der Waals surface area contributed by atoms with Crippen molar-refractivity contribution >= 4 is 73.4 Å². The van der Waals surface area contributed by atoms with Gasteiger partial charge < -0.3 is 20.7 Å². The van der Waals surface area contributed by atoms with Crippen molar-refractivity contribution in [2.24, 2.45) is 0 Å². The fourth-order valence-corrected chi connectivity index (χ4v) is 3.51. The van der Waals surface area contributed by atoms with Crippen LogP contribution in [-0.4, -0.2) is 21.0 Å². The Morgan fingerprint density at radius 1 is 1.07 bits per heavy atom. The second-order valence-electron chi connectivity index (χ2n) is 6.15. The van der Waals surface area contributed by atoms with Crippen molar-refractivity contribution in [3.63, 3.8) is 0 Å². The molecule has 0 aliphatic rings. The maximum absolute atomic E-state index is 12.6. The van der Waals surface area contributed by atoms with Crippen molar-refractivity contribution in [2.45, 2.75) is 0 Å². The third-order valence-corrected chi connectivity index (χ3v) is 5.31. The number of benzene rings is 3. The van der Waals surface area contributed by atoms with Crippen LogP contribution in [0.1, 0.15) is 10.4 Å². The maximum atomic E-state index is 12.6. The first kappa shape index (κ1) is 19.6. The monoisotopic (exact) mass is 490 g/mol. The zero-order valence-electron chi connectivity index (χ0n) is 14.6. The number of phenolic OH excluding ortho intramolecular Hbond substituents is 1. The smallest absolute Gasteiger partial charge is 0.259 e. The summed E-state index contributed by atoms with van der Waals surface area (Å²) in [6.45, 7) is 0. The second kappa shape index (κ2) is 7.94. The largest absolute Gasteiger partial charge is 0.507 e. The molecule has 4 rings (SSSR count). The number of imidazole rings is 1. The van der Waals surface area contributed by atoms with E-state index in [9.17, 15) is 9.90 Å². The van der Waals surface area contributed by atoms with Crippen LogP contribution in [0.25, 0.3) is 11.0 Å². The van der Waals surface area contributed by atoms with Gasteiger partial charge in [0.25, 0.3) is 5.91 Å². The Labute approximate surface area is 184 Å². The number of phenols is 1. The minimum atomic E-state index is -0.440. The molecule has 3 aromatic carbocycles. The predicted molar refractivity (Wildman–Crippen MR) is 120 cm³/mol. The van der Waals surface area contributed by atoms with E-state index in [0.717, 1.165) is 4.47 Å². The molecule has 0 aliphatic carbocycles. The first-order chi connectivity index (χ1) is 13.9. The Kier molecular flexibility index (Phi) is 5.36. The van der Waals surface area contributed by atoms with Crippen molar-refractivity contribution in [2.75, 3.05) is 10.6 Å². The summed E-state index contributed by atoms with van der Waals surface area (Å²) < 4.78 is 0.899. The first-order valence-electron chi connectivity index (χ1n) is 8.41. The number of amides is 1. The minimum absolute atomic E-state index is 0.117. The van der Waals surface area contributed by atoms with Gasteiger partial charge >= 0.3 is 0 Å². The Morgan fingerprint density at radius 2 is 1.76 bits per heavy atom. The van der Waals surface area contributed by atoms with E-state index < -0.39 is 5.91 Å². The van der Waals surface area contributed by atoms with Crippen molar-refractivity contribution in [3.8, 4) is 5.75 Å². The molecule has 0 radical (unpaired) electrons. The summed E-state index contributed by atoms with van der Waals surface area (Å²) in [5.74, 6) is -0.245. The van der Waals surface area contributed by atoms with Gasteiger partial charge in [-0.3, -0.25) is 4.79 Å². The average molecular weight is 492 g/mol. The van der Waals surface area contributed by atoms with Crippen LogP contribution in [-0.2, 0) is 0 Å². The molecule has 0 saturated heterocycles. The summed E-state index contributed by atoms with van der Waals surface area (Å²) >= 11 is 15.7. The van der Waals surface area contributed by atoms with Gasteiger partial charge in [-0.15, -0.1) is 0 Å². The van der Waals surface area contributed by atoms with E-state index in [0.29, 0.717) is 38.4 Å². The van der Waals surface area contributed by atoms with Gasteiger partial charge in [0.05, 0.1) is 32.3 Å². The van der Waals surface area contributed by atoms with E-state index in [2.05, 4.69) is 36.5 Å². The van der Waals surface area contributed by atoms with E-state index >= 15 is 0 Å². The summed E-state index contributed by atoms with van der Waals surface area (Å²) in [6, 6.07) is 15.2. The van der Waals surface area contributed by atoms with Gasteiger partial charge in [0.2, 0.25) is 5.95 Å². The summed E-state index contributed by atoms with van der Waals surface area (Å²) in [5, 5.41) is 17.0. The number of carbonyl (C=O) groups is 1. The van der Waals surface area contributed by atoms with Crippen LogP contribution in [0.15, 0.2) is 59.1 Å². The molecule has 6 nitrogen and oxygen atoms in total.